The van der Waals surface area contributed by atoms with Crippen molar-refractivity contribution in [2.24, 2.45) is 5.73 Å². The molecule has 0 rings (SSSR count). The lowest BCUT2D eigenvalue weighted by Gasteiger charge is -2.20. The number of ether oxygens (including phenoxy) is 2. The largest absolute Gasteiger partial charge is 0.480 e. The Morgan fingerprint density at radius 2 is 1.07 bits per heavy atom. The second-order valence-electron chi connectivity index (χ2n) is 11.4. The Morgan fingerprint density at radius 3 is 1.47 bits per heavy atom. The Morgan fingerprint density at radius 1 is 0.674 bits per heavy atom. The quantitative estimate of drug-likeness (QED) is 0.0398. The van der Waals surface area contributed by atoms with Gasteiger partial charge in [-0.15, -0.1) is 0 Å². The molecule has 0 aromatic carbocycles. The first-order valence-electron chi connectivity index (χ1n) is 16.5. The van der Waals surface area contributed by atoms with E-state index in [1.807, 2.05) is 0 Å². The van der Waals surface area contributed by atoms with Gasteiger partial charge in [0.15, 0.2) is 6.10 Å². The summed E-state index contributed by atoms with van der Waals surface area (Å²) in [4.78, 5) is 43.8. The van der Waals surface area contributed by atoms with Gasteiger partial charge in [-0.3, -0.25) is 23.4 Å². The highest BCUT2D eigenvalue weighted by molar-refractivity contribution is 7.47. The summed E-state index contributed by atoms with van der Waals surface area (Å²) < 4.78 is 31.4. The van der Waals surface area contributed by atoms with Crippen LogP contribution < -0.4 is 5.73 Å². The molecule has 0 aromatic rings. The minimum Gasteiger partial charge on any atom is -0.480 e. The lowest BCUT2D eigenvalue weighted by atomic mass is 10.0. The minimum atomic E-state index is -4.66. The van der Waals surface area contributed by atoms with Crippen molar-refractivity contribution in [2.75, 3.05) is 19.8 Å². The van der Waals surface area contributed by atoms with Gasteiger partial charge >= 0.3 is 25.7 Å². The number of hydrogen-bond acceptors (Lipinski definition) is 9. The van der Waals surface area contributed by atoms with Crippen LogP contribution in [0.15, 0.2) is 0 Å². The molecule has 3 unspecified atom stereocenters. The lowest BCUT2D eigenvalue weighted by Crippen LogP contribution is -2.34. The fraction of sp³-hybridized carbons (Fsp3) is 0.903. The molecule has 12 heteroatoms. The number of carboxylic acid groups (broad SMARTS) is 1. The molecule has 0 amide bonds. The fourth-order valence-corrected chi connectivity index (χ4v) is 5.33. The molecule has 0 aliphatic heterocycles. The van der Waals surface area contributed by atoms with Gasteiger partial charge in [0.2, 0.25) is 0 Å². The first-order chi connectivity index (χ1) is 20.6. The Bertz CT molecular complexity index is 767. The molecular formula is C31H60NO10P. The van der Waals surface area contributed by atoms with Gasteiger partial charge in [0, 0.05) is 13.3 Å². The number of esters is 2. The van der Waals surface area contributed by atoms with Crippen LogP contribution in [0.4, 0.5) is 0 Å². The first-order valence-corrected chi connectivity index (χ1v) is 18.0. The molecule has 0 saturated heterocycles. The van der Waals surface area contributed by atoms with Gasteiger partial charge in [-0.1, -0.05) is 129 Å². The van der Waals surface area contributed by atoms with E-state index < -0.39 is 51.1 Å². The van der Waals surface area contributed by atoms with Gasteiger partial charge in [-0.05, 0) is 6.42 Å². The van der Waals surface area contributed by atoms with Crippen molar-refractivity contribution in [3.8, 4) is 0 Å². The van der Waals surface area contributed by atoms with Crippen molar-refractivity contribution < 1.29 is 47.5 Å². The van der Waals surface area contributed by atoms with Crippen molar-refractivity contribution in [1.82, 2.24) is 0 Å². The van der Waals surface area contributed by atoms with Crippen molar-refractivity contribution in [3.05, 3.63) is 0 Å². The SMILES string of the molecule is CCCCCCCCCCCCCCCCCCCCCCC(=O)OC(COC(C)=O)COP(=O)(O)OCC(N)C(=O)O. The standard InChI is InChI=1S/C31H60NO10P/c1-3-4-5-6-7-8-9-10-11-12-13-14-15-16-17-18-19-20-21-22-23-30(34)42-28(24-39-27(2)33)25-40-43(37,38)41-26-29(32)31(35)36/h28-29H,3-26,32H2,1-2H3,(H,35,36)(H,37,38). The van der Waals surface area contributed by atoms with Crippen LogP contribution in [0.2, 0.25) is 0 Å². The molecule has 0 radical (unpaired) electrons. The van der Waals surface area contributed by atoms with Gasteiger partial charge in [0.1, 0.15) is 12.6 Å². The van der Waals surface area contributed by atoms with Crippen LogP contribution in [0, 0.1) is 0 Å². The number of rotatable bonds is 31. The zero-order chi connectivity index (χ0) is 32.2. The summed E-state index contributed by atoms with van der Waals surface area (Å²) in [5.74, 6) is -2.57. The number of carboxylic acids is 1. The van der Waals surface area contributed by atoms with Crippen molar-refractivity contribution >= 4 is 25.7 Å². The topological polar surface area (TPSA) is 172 Å². The highest BCUT2D eigenvalue weighted by atomic mass is 31.2. The minimum absolute atomic E-state index is 0.163. The Kier molecular flexibility index (Phi) is 27.0. The summed E-state index contributed by atoms with van der Waals surface area (Å²) in [7, 11) is -4.66. The summed E-state index contributed by atoms with van der Waals surface area (Å²) in [5, 5.41) is 8.72. The molecule has 0 spiro atoms. The highest BCUT2D eigenvalue weighted by Crippen LogP contribution is 2.43. The number of aliphatic carboxylic acids is 1. The van der Waals surface area contributed by atoms with Gasteiger partial charge in [0.25, 0.3) is 0 Å². The lowest BCUT2D eigenvalue weighted by molar-refractivity contribution is -0.160. The van der Waals surface area contributed by atoms with Crippen molar-refractivity contribution in [1.29, 1.82) is 0 Å². The second kappa shape index (κ2) is 28.0. The van der Waals surface area contributed by atoms with Gasteiger partial charge < -0.3 is 25.2 Å². The monoisotopic (exact) mass is 637 g/mol. The molecule has 43 heavy (non-hydrogen) atoms. The second-order valence-corrected chi connectivity index (χ2v) is 12.8. The Labute approximate surface area is 259 Å². The van der Waals surface area contributed by atoms with E-state index in [9.17, 15) is 23.8 Å². The number of nitrogens with two attached hydrogens (primary N) is 1. The number of carbonyl (C=O) groups is 3. The van der Waals surface area contributed by atoms with E-state index in [2.05, 4.69) is 11.4 Å². The van der Waals surface area contributed by atoms with Crippen LogP contribution in [0.1, 0.15) is 149 Å². The van der Waals surface area contributed by atoms with Crippen molar-refractivity contribution in [2.45, 2.75) is 161 Å². The maximum absolute atomic E-state index is 12.2. The predicted molar refractivity (Wildman–Crippen MR) is 166 cm³/mol. The number of carbonyl (C=O) groups excluding carboxylic acids is 2. The van der Waals surface area contributed by atoms with E-state index in [0.29, 0.717) is 6.42 Å². The molecule has 0 heterocycles. The summed E-state index contributed by atoms with van der Waals surface area (Å²) in [6, 6.07) is -1.51. The predicted octanol–water partition coefficient (Wildman–Crippen LogP) is 7.22. The van der Waals surface area contributed by atoms with Crippen molar-refractivity contribution in [3.63, 3.8) is 0 Å². The molecule has 3 atom stereocenters. The summed E-state index contributed by atoms with van der Waals surface area (Å²) in [6.45, 7) is 1.73. The van der Waals surface area contributed by atoms with E-state index >= 15 is 0 Å². The molecule has 0 aliphatic carbocycles. The number of unbranched alkanes of at least 4 members (excludes halogenated alkanes) is 19. The van der Waals surface area contributed by atoms with Crippen LogP contribution in [0.25, 0.3) is 0 Å². The van der Waals surface area contributed by atoms with Crippen LogP contribution in [0.3, 0.4) is 0 Å². The third kappa shape index (κ3) is 29.0. The summed E-state index contributed by atoms with van der Waals surface area (Å²) in [5.41, 5.74) is 5.23. The van der Waals surface area contributed by atoms with E-state index in [1.165, 1.54) is 110 Å². The molecule has 4 N–H and O–H groups in total. The molecule has 0 aromatic heterocycles. The maximum atomic E-state index is 12.2. The average Bonchev–Trinajstić information content (AvgIpc) is 2.96. The number of hydrogen-bond donors (Lipinski definition) is 3. The van der Waals surface area contributed by atoms with Gasteiger partial charge in [-0.25, -0.2) is 4.57 Å². The zero-order valence-electron chi connectivity index (χ0n) is 26.8. The van der Waals surface area contributed by atoms with Crippen LogP contribution in [-0.2, 0) is 37.5 Å². The van der Waals surface area contributed by atoms with E-state index in [4.69, 9.17) is 24.8 Å². The Balaban J connectivity index is 3.83. The summed E-state index contributed by atoms with van der Waals surface area (Å²) in [6.07, 6.45) is 24.4. The number of phosphoric acid groups is 1. The smallest absolute Gasteiger partial charge is 0.472 e. The van der Waals surface area contributed by atoms with E-state index in [1.54, 1.807) is 0 Å². The summed E-state index contributed by atoms with van der Waals surface area (Å²) >= 11 is 0. The van der Waals surface area contributed by atoms with E-state index in [-0.39, 0.29) is 13.0 Å². The first kappa shape index (κ1) is 41.5. The fourth-order valence-electron chi connectivity index (χ4n) is 4.56. The molecule has 254 valence electrons. The van der Waals surface area contributed by atoms with Crippen LogP contribution >= 0.6 is 7.82 Å². The molecule has 0 bridgehead atoms. The highest BCUT2D eigenvalue weighted by Gasteiger charge is 2.27. The molecule has 0 aliphatic rings. The molecule has 11 nitrogen and oxygen atoms in total. The molecule has 0 fully saturated rings. The maximum Gasteiger partial charge on any atom is 0.472 e. The Hall–Kier alpha value is -1.52. The zero-order valence-corrected chi connectivity index (χ0v) is 27.7. The number of phosphoric ester groups is 1. The average molecular weight is 638 g/mol. The van der Waals surface area contributed by atoms with Gasteiger partial charge in [0.05, 0.1) is 13.2 Å². The third-order valence-electron chi connectivity index (χ3n) is 7.16. The molecule has 0 saturated carbocycles. The molecular weight excluding hydrogens is 577 g/mol. The van der Waals surface area contributed by atoms with E-state index in [0.717, 1.165) is 19.3 Å². The van der Waals surface area contributed by atoms with Gasteiger partial charge in [-0.2, -0.15) is 0 Å². The van der Waals surface area contributed by atoms with Crippen LogP contribution in [0.5, 0.6) is 0 Å². The van der Waals surface area contributed by atoms with Crippen LogP contribution in [-0.4, -0.2) is 59.9 Å². The third-order valence-corrected chi connectivity index (χ3v) is 8.11. The normalized spacial score (nSPS) is 14.1.